The van der Waals surface area contributed by atoms with Crippen LogP contribution in [0.15, 0.2) is 0 Å². The van der Waals surface area contributed by atoms with Gasteiger partial charge in [0.25, 0.3) is 0 Å². The van der Waals surface area contributed by atoms with Crippen molar-refractivity contribution in [2.24, 2.45) is 0 Å². The molecule has 0 aliphatic carbocycles. The highest BCUT2D eigenvalue weighted by molar-refractivity contribution is 6.17. The van der Waals surface area contributed by atoms with E-state index < -0.39 is 0 Å². The molecule has 1 atom stereocenters. The third-order valence-electron chi connectivity index (χ3n) is 3.68. The van der Waals surface area contributed by atoms with Crippen molar-refractivity contribution in [1.29, 1.82) is 0 Å². The van der Waals surface area contributed by atoms with Crippen molar-refractivity contribution >= 4 is 17.5 Å². The molecule has 2 rings (SSSR count). The minimum atomic E-state index is 0.300. The molecule has 2 aliphatic heterocycles. The van der Waals surface area contributed by atoms with E-state index in [1.165, 1.54) is 25.9 Å². The Morgan fingerprint density at radius 2 is 2.06 bits per heavy atom. The van der Waals surface area contributed by atoms with Crippen LogP contribution in [0.1, 0.15) is 32.1 Å². The molecule has 0 bridgehead atoms. The van der Waals surface area contributed by atoms with E-state index in [4.69, 9.17) is 11.6 Å². The second-order valence-corrected chi connectivity index (χ2v) is 5.20. The van der Waals surface area contributed by atoms with Crippen molar-refractivity contribution in [3.8, 4) is 0 Å². The molecule has 0 saturated carbocycles. The second kappa shape index (κ2) is 5.87. The summed E-state index contributed by atoms with van der Waals surface area (Å²) in [6, 6.07) is 0.627. The number of carbonyl (C=O) groups excluding carboxylic acids is 1. The van der Waals surface area contributed by atoms with Crippen LogP contribution in [0.4, 0.5) is 0 Å². The van der Waals surface area contributed by atoms with Gasteiger partial charge in [-0.3, -0.25) is 9.69 Å². The Bertz CT molecular complexity index is 247. The molecule has 2 aliphatic rings. The monoisotopic (exact) mass is 244 g/mol. The Hall–Kier alpha value is -0.280. The topological polar surface area (TPSA) is 23.6 Å². The smallest absolute Gasteiger partial charge is 0.222 e. The highest BCUT2D eigenvalue weighted by Gasteiger charge is 2.30. The molecule has 1 unspecified atom stereocenters. The van der Waals surface area contributed by atoms with Gasteiger partial charge < -0.3 is 4.90 Å². The van der Waals surface area contributed by atoms with Crippen molar-refractivity contribution in [2.45, 2.75) is 38.1 Å². The minimum absolute atomic E-state index is 0.300. The Morgan fingerprint density at radius 1 is 1.25 bits per heavy atom. The van der Waals surface area contributed by atoms with Gasteiger partial charge in [-0.15, -0.1) is 11.6 Å². The molecule has 2 fully saturated rings. The van der Waals surface area contributed by atoms with Gasteiger partial charge in [0.2, 0.25) is 5.91 Å². The summed E-state index contributed by atoms with van der Waals surface area (Å²) in [7, 11) is 0. The van der Waals surface area contributed by atoms with E-state index in [-0.39, 0.29) is 0 Å². The molecule has 0 N–H and O–H groups in total. The first kappa shape index (κ1) is 12.2. The zero-order chi connectivity index (χ0) is 11.4. The predicted octanol–water partition coefficient (Wildman–Crippen LogP) is 1.70. The fraction of sp³-hybridized carbons (Fsp3) is 0.917. The number of amides is 1. The van der Waals surface area contributed by atoms with Crippen LogP contribution in [-0.4, -0.2) is 53.8 Å². The molecule has 3 nitrogen and oxygen atoms in total. The maximum Gasteiger partial charge on any atom is 0.222 e. The number of hydrogen-bond acceptors (Lipinski definition) is 2. The Labute approximate surface area is 103 Å². The van der Waals surface area contributed by atoms with Gasteiger partial charge >= 0.3 is 0 Å². The maximum absolute atomic E-state index is 11.9. The normalized spacial score (nSPS) is 26.6. The van der Waals surface area contributed by atoms with Crippen LogP contribution in [0, 0.1) is 0 Å². The van der Waals surface area contributed by atoms with Crippen LogP contribution < -0.4 is 0 Å². The van der Waals surface area contributed by atoms with Crippen molar-refractivity contribution in [1.82, 2.24) is 9.80 Å². The van der Waals surface area contributed by atoms with Gasteiger partial charge in [0.1, 0.15) is 0 Å². The number of hydrogen-bond donors (Lipinski definition) is 0. The molecule has 0 aromatic carbocycles. The summed E-state index contributed by atoms with van der Waals surface area (Å²) < 4.78 is 0. The molecule has 0 aromatic heterocycles. The van der Waals surface area contributed by atoms with E-state index in [0.29, 0.717) is 24.2 Å². The van der Waals surface area contributed by atoms with Crippen LogP contribution in [-0.2, 0) is 4.79 Å². The number of alkyl halides is 1. The molecule has 0 radical (unpaired) electrons. The van der Waals surface area contributed by atoms with E-state index in [2.05, 4.69) is 9.80 Å². The van der Waals surface area contributed by atoms with Crippen LogP contribution in [0.25, 0.3) is 0 Å². The number of rotatable bonds is 3. The highest BCUT2D eigenvalue weighted by Crippen LogP contribution is 2.21. The van der Waals surface area contributed by atoms with Crippen LogP contribution in [0.5, 0.6) is 0 Å². The first-order valence-electron chi connectivity index (χ1n) is 6.39. The van der Waals surface area contributed by atoms with E-state index in [1.54, 1.807) is 0 Å². The van der Waals surface area contributed by atoms with Crippen LogP contribution >= 0.6 is 11.6 Å². The van der Waals surface area contributed by atoms with Crippen LogP contribution in [0.2, 0.25) is 0 Å². The first-order valence-corrected chi connectivity index (χ1v) is 6.92. The third-order valence-corrected chi connectivity index (χ3v) is 3.95. The summed E-state index contributed by atoms with van der Waals surface area (Å²) in [4.78, 5) is 16.6. The number of halogens is 1. The number of carbonyl (C=O) groups is 1. The lowest BCUT2D eigenvalue weighted by molar-refractivity contribution is -0.131. The zero-order valence-corrected chi connectivity index (χ0v) is 10.6. The highest BCUT2D eigenvalue weighted by atomic mass is 35.5. The van der Waals surface area contributed by atoms with E-state index >= 15 is 0 Å². The average molecular weight is 245 g/mol. The van der Waals surface area contributed by atoms with Crippen molar-refractivity contribution in [3.05, 3.63) is 0 Å². The number of fused-ring (bicyclic) bond motifs is 1. The Balaban J connectivity index is 1.87. The average Bonchev–Trinajstić information content (AvgIpc) is 2.63. The lowest BCUT2D eigenvalue weighted by Crippen LogP contribution is -2.39. The lowest BCUT2D eigenvalue weighted by Gasteiger charge is -2.25. The molecule has 2 saturated heterocycles. The third kappa shape index (κ3) is 2.89. The van der Waals surface area contributed by atoms with Gasteiger partial charge in [-0.1, -0.05) is 0 Å². The summed E-state index contributed by atoms with van der Waals surface area (Å²) in [6.45, 7) is 4.29. The molecular formula is C12H21ClN2O. The van der Waals surface area contributed by atoms with Crippen molar-refractivity contribution < 1.29 is 4.79 Å². The van der Waals surface area contributed by atoms with E-state index in [0.717, 1.165) is 25.9 Å². The Morgan fingerprint density at radius 3 is 2.88 bits per heavy atom. The lowest BCUT2D eigenvalue weighted by atomic mass is 10.2. The van der Waals surface area contributed by atoms with Crippen LogP contribution in [0.3, 0.4) is 0 Å². The zero-order valence-electron chi connectivity index (χ0n) is 9.83. The predicted molar refractivity (Wildman–Crippen MR) is 65.7 cm³/mol. The van der Waals surface area contributed by atoms with Gasteiger partial charge in [0.05, 0.1) is 0 Å². The molecule has 16 heavy (non-hydrogen) atoms. The fourth-order valence-electron chi connectivity index (χ4n) is 2.81. The SMILES string of the molecule is O=C(CCCCl)N1CCCN2CCCC2C1. The molecule has 0 spiro atoms. The number of nitrogens with zero attached hydrogens (tertiary/aromatic N) is 2. The molecule has 4 heteroatoms. The summed E-state index contributed by atoms with van der Waals surface area (Å²) in [5.41, 5.74) is 0. The summed E-state index contributed by atoms with van der Waals surface area (Å²) in [5.74, 6) is 0.893. The first-order chi connectivity index (χ1) is 7.81. The minimum Gasteiger partial charge on any atom is -0.341 e. The molecular weight excluding hydrogens is 224 g/mol. The Kier molecular flexibility index (Phi) is 4.47. The molecule has 2 heterocycles. The van der Waals surface area contributed by atoms with Gasteiger partial charge in [-0.05, 0) is 32.2 Å². The largest absolute Gasteiger partial charge is 0.341 e. The summed E-state index contributed by atoms with van der Waals surface area (Å²) >= 11 is 5.63. The van der Waals surface area contributed by atoms with Gasteiger partial charge in [-0.2, -0.15) is 0 Å². The molecule has 0 aromatic rings. The molecule has 92 valence electrons. The van der Waals surface area contributed by atoms with Gasteiger partial charge in [-0.25, -0.2) is 0 Å². The van der Waals surface area contributed by atoms with E-state index in [1.807, 2.05) is 0 Å². The summed E-state index contributed by atoms with van der Waals surface area (Å²) in [5, 5.41) is 0. The van der Waals surface area contributed by atoms with Gasteiger partial charge in [0, 0.05) is 38.0 Å². The van der Waals surface area contributed by atoms with Crippen molar-refractivity contribution in [3.63, 3.8) is 0 Å². The standard InChI is InChI=1S/C12H21ClN2O/c13-6-1-5-12(16)15-9-3-8-14-7-2-4-11(14)10-15/h11H,1-10H2. The quantitative estimate of drug-likeness (QED) is 0.706. The maximum atomic E-state index is 11.9. The second-order valence-electron chi connectivity index (χ2n) is 4.82. The summed E-state index contributed by atoms with van der Waals surface area (Å²) in [6.07, 6.45) is 5.12. The fourth-order valence-corrected chi connectivity index (χ4v) is 2.94. The molecule has 1 amide bonds. The van der Waals surface area contributed by atoms with E-state index in [9.17, 15) is 4.79 Å². The van der Waals surface area contributed by atoms with Crippen molar-refractivity contribution in [2.75, 3.05) is 32.1 Å². The van der Waals surface area contributed by atoms with Gasteiger partial charge in [0.15, 0.2) is 0 Å².